The van der Waals surface area contributed by atoms with Crippen LogP contribution in [0.3, 0.4) is 0 Å². The lowest BCUT2D eigenvalue weighted by Crippen LogP contribution is -2.56. The molecule has 4 saturated carbocycles. The van der Waals surface area contributed by atoms with Crippen molar-refractivity contribution in [2.45, 2.75) is 55.9 Å². The summed E-state index contributed by atoms with van der Waals surface area (Å²) >= 11 is 3.89. The van der Waals surface area contributed by atoms with Crippen molar-refractivity contribution in [3.8, 4) is 0 Å². The molecule has 1 aromatic rings. The molecule has 4 fully saturated rings. The normalized spacial score (nSPS) is 36.9. The van der Waals surface area contributed by atoms with Gasteiger partial charge in [-0.1, -0.05) is 15.9 Å². The monoisotopic (exact) mass is 408 g/mol. The molecule has 4 aliphatic rings. The first kappa shape index (κ1) is 17.2. The second-order valence-electron chi connectivity index (χ2n) is 8.31. The Bertz CT molecular complexity index is 700. The molecule has 0 amide bonds. The van der Waals surface area contributed by atoms with Gasteiger partial charge in [0.05, 0.1) is 5.41 Å². The molecular weight excluding hydrogens is 387 g/mol. The second-order valence-corrected chi connectivity index (χ2v) is 9.99. The van der Waals surface area contributed by atoms with E-state index in [-0.39, 0.29) is 16.1 Å². The molecule has 134 valence electrons. The molecule has 0 saturated heterocycles. The molecular formula is C20H22BrFO3. The highest BCUT2D eigenvalue weighted by Gasteiger charge is 2.60. The fraction of sp³-hybridized carbons (Fsp3) is 0.600. The molecule has 5 heteroatoms. The largest absolute Gasteiger partial charge is 0.454 e. The van der Waals surface area contributed by atoms with E-state index in [0.717, 1.165) is 32.1 Å². The average Bonchev–Trinajstić information content (AvgIpc) is 2.52. The minimum absolute atomic E-state index is 0.0697. The number of carbonyl (C=O) groups is 2. The van der Waals surface area contributed by atoms with Crippen LogP contribution >= 0.6 is 15.9 Å². The van der Waals surface area contributed by atoms with Crippen LogP contribution in [-0.4, -0.2) is 22.2 Å². The zero-order valence-corrected chi connectivity index (χ0v) is 15.9. The Balaban J connectivity index is 1.48. The minimum atomic E-state index is -0.850. The number of esters is 1. The smallest absolute Gasteiger partial charge is 0.312 e. The van der Waals surface area contributed by atoms with Crippen molar-refractivity contribution in [3.63, 3.8) is 0 Å². The summed E-state index contributed by atoms with van der Waals surface area (Å²) in [5.41, 5.74) is -0.0746. The van der Waals surface area contributed by atoms with Crippen LogP contribution in [0.2, 0.25) is 0 Å². The fourth-order valence-corrected chi connectivity index (χ4v) is 7.03. The van der Waals surface area contributed by atoms with Crippen LogP contribution in [0.4, 0.5) is 4.39 Å². The third-order valence-corrected chi connectivity index (χ3v) is 7.13. The van der Waals surface area contributed by atoms with Crippen molar-refractivity contribution < 1.29 is 18.7 Å². The van der Waals surface area contributed by atoms with Crippen LogP contribution in [0.5, 0.6) is 0 Å². The zero-order valence-electron chi connectivity index (χ0n) is 14.3. The summed E-state index contributed by atoms with van der Waals surface area (Å²) in [5, 5.41) is 0. The highest BCUT2D eigenvalue weighted by Crippen LogP contribution is 2.64. The van der Waals surface area contributed by atoms with Crippen LogP contribution in [0.25, 0.3) is 0 Å². The van der Waals surface area contributed by atoms with Gasteiger partial charge < -0.3 is 4.74 Å². The molecule has 25 heavy (non-hydrogen) atoms. The molecule has 0 N–H and O–H groups in total. The van der Waals surface area contributed by atoms with Crippen LogP contribution in [0.15, 0.2) is 24.3 Å². The molecule has 5 rings (SSSR count). The summed E-state index contributed by atoms with van der Waals surface area (Å²) in [6, 6.07) is 5.35. The lowest BCUT2D eigenvalue weighted by atomic mass is 9.49. The van der Waals surface area contributed by atoms with Crippen LogP contribution in [-0.2, 0) is 9.53 Å². The number of ether oxygens (including phenoxy) is 1. The zero-order chi connectivity index (χ0) is 17.8. The maximum atomic E-state index is 13.0. The lowest BCUT2D eigenvalue weighted by Gasteiger charge is -2.58. The standard InChI is InChI=1S/C20H22BrFO3/c1-12(17(23)15-2-4-16(22)5-3-15)25-18(24)19-7-13-6-14(8-19)10-20(21,9-13)11-19/h2-5,12-14H,6-11H2,1H3/t12-,13-,14+,19?,20?/m1/s1. The van der Waals surface area contributed by atoms with Crippen molar-refractivity contribution in [1.82, 2.24) is 0 Å². The van der Waals surface area contributed by atoms with E-state index in [1.807, 2.05) is 0 Å². The van der Waals surface area contributed by atoms with Gasteiger partial charge in [-0.3, -0.25) is 9.59 Å². The van der Waals surface area contributed by atoms with Crippen LogP contribution < -0.4 is 0 Å². The number of alkyl halides is 1. The molecule has 4 aliphatic carbocycles. The maximum Gasteiger partial charge on any atom is 0.312 e. The summed E-state index contributed by atoms with van der Waals surface area (Å²) in [7, 11) is 0. The van der Waals surface area contributed by atoms with Gasteiger partial charge in [0, 0.05) is 9.89 Å². The Morgan fingerprint density at radius 3 is 2.32 bits per heavy atom. The van der Waals surface area contributed by atoms with Gasteiger partial charge in [-0.2, -0.15) is 0 Å². The fourth-order valence-electron chi connectivity index (χ4n) is 5.58. The molecule has 2 unspecified atom stereocenters. The van der Waals surface area contributed by atoms with E-state index in [2.05, 4.69) is 15.9 Å². The van der Waals surface area contributed by atoms with Gasteiger partial charge in [-0.05, 0) is 81.5 Å². The Morgan fingerprint density at radius 1 is 1.16 bits per heavy atom. The lowest BCUT2D eigenvalue weighted by molar-refractivity contribution is -0.172. The summed E-state index contributed by atoms with van der Waals surface area (Å²) in [4.78, 5) is 25.5. The summed E-state index contributed by atoms with van der Waals surface area (Å²) in [6.45, 7) is 1.61. The predicted octanol–water partition coefficient (Wildman–Crippen LogP) is 4.67. The van der Waals surface area contributed by atoms with Crippen molar-refractivity contribution in [3.05, 3.63) is 35.6 Å². The number of hydrogen-bond acceptors (Lipinski definition) is 3. The quantitative estimate of drug-likeness (QED) is 0.412. The Kier molecular flexibility index (Phi) is 4.06. The van der Waals surface area contributed by atoms with E-state index in [1.54, 1.807) is 6.92 Å². The summed E-state index contributed by atoms with van der Waals surface area (Å²) < 4.78 is 18.7. The number of halogens is 2. The van der Waals surface area contributed by atoms with Crippen molar-refractivity contribution in [2.75, 3.05) is 0 Å². The van der Waals surface area contributed by atoms with E-state index in [4.69, 9.17) is 4.74 Å². The Hall–Kier alpha value is -1.23. The predicted molar refractivity (Wildman–Crippen MR) is 95.1 cm³/mol. The molecule has 0 aromatic heterocycles. The first-order valence-corrected chi connectivity index (χ1v) is 9.78. The highest BCUT2D eigenvalue weighted by atomic mass is 79.9. The first-order valence-electron chi connectivity index (χ1n) is 8.98. The van der Waals surface area contributed by atoms with Gasteiger partial charge in [-0.15, -0.1) is 0 Å². The second kappa shape index (κ2) is 5.90. The SMILES string of the molecule is C[C@@H](OC(=O)C12C[C@@H]3C[C@@H](CC(Br)(C3)C1)C2)C(=O)c1ccc(F)cc1. The summed E-state index contributed by atoms with van der Waals surface area (Å²) in [5.74, 6) is 0.255. The number of carbonyl (C=O) groups excluding carboxylic acids is 2. The van der Waals surface area contributed by atoms with E-state index in [1.165, 1.54) is 30.7 Å². The third kappa shape index (κ3) is 3.05. The van der Waals surface area contributed by atoms with E-state index >= 15 is 0 Å². The Morgan fingerprint density at radius 2 is 1.76 bits per heavy atom. The average molecular weight is 409 g/mol. The maximum absolute atomic E-state index is 13.0. The summed E-state index contributed by atoms with van der Waals surface area (Å²) in [6.07, 6.45) is 5.22. The first-order chi connectivity index (χ1) is 11.8. The molecule has 0 radical (unpaired) electrons. The van der Waals surface area contributed by atoms with Gasteiger partial charge >= 0.3 is 5.97 Å². The number of rotatable bonds is 4. The van der Waals surface area contributed by atoms with Gasteiger partial charge in [0.2, 0.25) is 5.78 Å². The molecule has 5 atom stereocenters. The number of benzene rings is 1. The molecule has 1 aromatic carbocycles. The highest BCUT2D eigenvalue weighted by molar-refractivity contribution is 9.10. The van der Waals surface area contributed by atoms with Crippen LogP contribution in [0.1, 0.15) is 55.8 Å². The molecule has 0 aliphatic heterocycles. The molecule has 4 bridgehead atoms. The van der Waals surface area contributed by atoms with E-state index in [9.17, 15) is 14.0 Å². The number of hydrogen-bond donors (Lipinski definition) is 0. The van der Waals surface area contributed by atoms with Gasteiger partial charge in [0.25, 0.3) is 0 Å². The number of ketones is 1. The van der Waals surface area contributed by atoms with Gasteiger partial charge in [-0.25, -0.2) is 4.39 Å². The number of Topliss-reactive ketones (excluding diaryl/α,β-unsaturated/α-hetero) is 1. The molecule has 0 spiro atoms. The Labute approximate surface area is 155 Å². The topological polar surface area (TPSA) is 43.4 Å². The molecule has 0 heterocycles. The van der Waals surface area contributed by atoms with E-state index < -0.39 is 17.3 Å². The van der Waals surface area contributed by atoms with Crippen molar-refractivity contribution in [2.24, 2.45) is 17.3 Å². The van der Waals surface area contributed by atoms with Crippen LogP contribution in [0, 0.1) is 23.1 Å². The van der Waals surface area contributed by atoms with E-state index in [0.29, 0.717) is 17.4 Å². The van der Waals surface area contributed by atoms with Crippen molar-refractivity contribution >= 4 is 27.7 Å². The van der Waals surface area contributed by atoms with Gasteiger partial charge in [0.1, 0.15) is 5.82 Å². The third-order valence-electron chi connectivity index (χ3n) is 6.20. The van der Waals surface area contributed by atoms with Gasteiger partial charge in [0.15, 0.2) is 6.10 Å². The molecule has 3 nitrogen and oxygen atoms in total. The minimum Gasteiger partial charge on any atom is -0.454 e. The van der Waals surface area contributed by atoms with Crippen molar-refractivity contribution in [1.29, 1.82) is 0 Å².